The number of benzene rings is 2. The number of aliphatic imine (C=N–C) groups is 1. The fourth-order valence-electron chi connectivity index (χ4n) is 2.03. The largest absolute Gasteiger partial charge is 0.378 e. The summed E-state index contributed by atoms with van der Waals surface area (Å²) in [6.45, 7) is 0. The fraction of sp³-hybridized carbons (Fsp3) is 0.118. The van der Waals surface area contributed by atoms with E-state index < -0.39 is 0 Å². The maximum Gasteiger partial charge on any atom is 0.268 e. The van der Waals surface area contributed by atoms with Gasteiger partial charge >= 0.3 is 0 Å². The van der Waals surface area contributed by atoms with E-state index in [4.69, 9.17) is 0 Å². The summed E-state index contributed by atoms with van der Waals surface area (Å²) in [7, 11) is 4.03. The van der Waals surface area contributed by atoms with Crippen molar-refractivity contribution in [2.45, 2.75) is 0 Å². The van der Waals surface area contributed by atoms with Gasteiger partial charge in [-0.25, -0.2) is 4.99 Å². The molecule has 22 heavy (non-hydrogen) atoms. The van der Waals surface area contributed by atoms with E-state index in [9.17, 15) is 0 Å². The van der Waals surface area contributed by atoms with E-state index in [0.29, 0.717) is 5.95 Å². The highest BCUT2D eigenvalue weighted by molar-refractivity contribution is 5.82. The van der Waals surface area contributed by atoms with Gasteiger partial charge in [0, 0.05) is 31.6 Å². The quantitative estimate of drug-likeness (QED) is 0.750. The second kappa shape index (κ2) is 6.22. The van der Waals surface area contributed by atoms with Crippen LogP contribution in [0.4, 0.5) is 11.6 Å². The Kier molecular flexibility index (Phi) is 3.96. The third-order valence-corrected chi connectivity index (χ3v) is 3.26. The molecule has 1 heterocycles. The Morgan fingerprint density at radius 2 is 1.73 bits per heavy atom. The molecule has 1 aromatic heterocycles. The van der Waals surface area contributed by atoms with Gasteiger partial charge in [-0.15, -0.1) is 5.10 Å². The number of nitrogens with one attached hydrogen (secondary N) is 1. The molecule has 0 aliphatic carbocycles. The molecule has 0 bridgehead atoms. The van der Waals surface area contributed by atoms with Crippen LogP contribution in [0.1, 0.15) is 5.56 Å². The predicted molar refractivity (Wildman–Crippen MR) is 89.8 cm³/mol. The van der Waals surface area contributed by atoms with E-state index in [-0.39, 0.29) is 0 Å². The van der Waals surface area contributed by atoms with E-state index in [1.807, 2.05) is 56.6 Å². The number of H-pyrrole nitrogens is 1. The molecule has 5 nitrogen and oxygen atoms in total. The van der Waals surface area contributed by atoms with Gasteiger partial charge in [-0.05, 0) is 17.7 Å². The summed E-state index contributed by atoms with van der Waals surface area (Å²) in [4.78, 5) is 10.7. The third kappa shape index (κ3) is 3.20. The van der Waals surface area contributed by atoms with E-state index in [1.54, 1.807) is 6.21 Å². The Labute approximate surface area is 129 Å². The fourth-order valence-corrected chi connectivity index (χ4v) is 2.03. The summed E-state index contributed by atoms with van der Waals surface area (Å²) in [5.41, 5.74) is 3.16. The predicted octanol–water partition coefficient (Wildman–Crippen LogP) is 3.29. The molecule has 0 radical (unpaired) electrons. The average Bonchev–Trinajstić information content (AvgIpc) is 3.03. The summed E-state index contributed by atoms with van der Waals surface area (Å²) in [6, 6.07) is 18.0. The standard InChI is InChI=1S/C17H17N5/c1-22(2)15-10-8-13(9-11-15)12-18-17-19-16(20-21-17)14-6-4-3-5-7-14/h3-12H,1-2H3,(H,19,20,21). The van der Waals surface area contributed by atoms with Crippen LogP contribution in [0.2, 0.25) is 0 Å². The van der Waals surface area contributed by atoms with Crippen LogP contribution in [0.25, 0.3) is 11.4 Å². The molecule has 1 N–H and O–H groups in total. The number of hydrogen-bond acceptors (Lipinski definition) is 4. The summed E-state index contributed by atoms with van der Waals surface area (Å²) in [5.74, 6) is 1.14. The first-order valence-corrected chi connectivity index (χ1v) is 7.01. The molecule has 5 heteroatoms. The normalized spacial score (nSPS) is 11.0. The first kappa shape index (κ1) is 14.0. The Balaban J connectivity index is 1.74. The lowest BCUT2D eigenvalue weighted by molar-refractivity contribution is 1.09. The van der Waals surface area contributed by atoms with Gasteiger partial charge in [0.2, 0.25) is 0 Å². The Bertz CT molecular complexity index is 757. The van der Waals surface area contributed by atoms with Crippen LogP contribution >= 0.6 is 0 Å². The topological polar surface area (TPSA) is 57.2 Å². The van der Waals surface area contributed by atoms with Crippen molar-refractivity contribution in [2.75, 3.05) is 19.0 Å². The summed E-state index contributed by atoms with van der Waals surface area (Å²) < 4.78 is 0. The van der Waals surface area contributed by atoms with Crippen LogP contribution in [0.3, 0.4) is 0 Å². The van der Waals surface area contributed by atoms with Crippen LogP contribution in [-0.4, -0.2) is 35.5 Å². The summed E-state index contributed by atoms with van der Waals surface area (Å²) in [5, 5.41) is 7.01. The first-order chi connectivity index (χ1) is 10.7. The van der Waals surface area contributed by atoms with Gasteiger partial charge in [-0.3, -0.25) is 5.10 Å². The second-order valence-corrected chi connectivity index (χ2v) is 5.09. The molecule has 0 fully saturated rings. The highest BCUT2D eigenvalue weighted by Gasteiger charge is 2.03. The van der Waals surface area contributed by atoms with Crippen molar-refractivity contribution in [3.8, 4) is 11.4 Å². The zero-order valence-corrected chi connectivity index (χ0v) is 12.6. The zero-order chi connectivity index (χ0) is 15.4. The molecule has 110 valence electrons. The summed E-state index contributed by atoms with van der Waals surface area (Å²) in [6.07, 6.45) is 1.76. The molecule has 0 aliphatic rings. The molecular formula is C17H17N5. The smallest absolute Gasteiger partial charge is 0.268 e. The van der Waals surface area contributed by atoms with Gasteiger partial charge < -0.3 is 4.90 Å². The third-order valence-electron chi connectivity index (χ3n) is 3.26. The maximum atomic E-state index is 4.37. The molecule has 0 aliphatic heterocycles. The molecule has 3 rings (SSSR count). The number of aromatic nitrogens is 3. The molecule has 0 amide bonds. The minimum absolute atomic E-state index is 0.426. The van der Waals surface area contributed by atoms with Crippen molar-refractivity contribution in [1.29, 1.82) is 0 Å². The lowest BCUT2D eigenvalue weighted by Gasteiger charge is -2.11. The molecular weight excluding hydrogens is 274 g/mol. The van der Waals surface area contributed by atoms with Crippen molar-refractivity contribution in [1.82, 2.24) is 15.2 Å². The van der Waals surface area contributed by atoms with Crippen molar-refractivity contribution >= 4 is 17.9 Å². The van der Waals surface area contributed by atoms with Crippen molar-refractivity contribution in [3.05, 3.63) is 60.2 Å². The van der Waals surface area contributed by atoms with Gasteiger partial charge in [0.25, 0.3) is 5.95 Å². The SMILES string of the molecule is CN(C)c1ccc(C=Nc2n[nH]c(-c3ccccc3)n2)cc1. The lowest BCUT2D eigenvalue weighted by atomic mass is 10.2. The zero-order valence-electron chi connectivity index (χ0n) is 12.6. The number of anilines is 1. The van der Waals surface area contributed by atoms with Crippen molar-refractivity contribution < 1.29 is 0 Å². The molecule has 0 unspecified atom stereocenters. The molecule has 0 atom stereocenters. The molecule has 0 spiro atoms. The van der Waals surface area contributed by atoms with Gasteiger partial charge in [-0.2, -0.15) is 4.98 Å². The van der Waals surface area contributed by atoms with Crippen molar-refractivity contribution in [3.63, 3.8) is 0 Å². The van der Waals surface area contributed by atoms with Gasteiger partial charge in [0.05, 0.1) is 0 Å². The van der Waals surface area contributed by atoms with Gasteiger partial charge in [0.15, 0.2) is 5.82 Å². The minimum atomic E-state index is 0.426. The number of nitrogens with zero attached hydrogens (tertiary/aromatic N) is 4. The van der Waals surface area contributed by atoms with Crippen LogP contribution in [0.15, 0.2) is 59.6 Å². The van der Waals surface area contributed by atoms with Gasteiger partial charge in [-0.1, -0.05) is 42.5 Å². The maximum absolute atomic E-state index is 4.37. The van der Waals surface area contributed by atoms with Crippen LogP contribution in [0, 0.1) is 0 Å². The Morgan fingerprint density at radius 3 is 2.41 bits per heavy atom. The minimum Gasteiger partial charge on any atom is -0.378 e. The monoisotopic (exact) mass is 291 g/mol. The van der Waals surface area contributed by atoms with E-state index in [1.165, 1.54) is 0 Å². The van der Waals surface area contributed by atoms with Crippen LogP contribution in [-0.2, 0) is 0 Å². The number of aromatic amines is 1. The van der Waals surface area contributed by atoms with Gasteiger partial charge in [0.1, 0.15) is 0 Å². The van der Waals surface area contributed by atoms with E-state index in [2.05, 4.69) is 37.2 Å². The number of rotatable bonds is 4. The van der Waals surface area contributed by atoms with E-state index in [0.717, 1.165) is 22.6 Å². The van der Waals surface area contributed by atoms with Crippen LogP contribution < -0.4 is 4.90 Å². The Hall–Kier alpha value is -2.95. The number of hydrogen-bond donors (Lipinski definition) is 1. The average molecular weight is 291 g/mol. The lowest BCUT2D eigenvalue weighted by Crippen LogP contribution is -2.08. The molecule has 3 aromatic rings. The molecule has 0 saturated heterocycles. The molecule has 0 saturated carbocycles. The van der Waals surface area contributed by atoms with E-state index >= 15 is 0 Å². The Morgan fingerprint density at radius 1 is 1.00 bits per heavy atom. The van der Waals surface area contributed by atoms with Crippen molar-refractivity contribution in [2.24, 2.45) is 4.99 Å². The highest BCUT2D eigenvalue weighted by atomic mass is 15.3. The second-order valence-electron chi connectivity index (χ2n) is 5.09. The first-order valence-electron chi connectivity index (χ1n) is 7.01. The highest BCUT2D eigenvalue weighted by Crippen LogP contribution is 2.16. The molecule has 2 aromatic carbocycles. The van der Waals surface area contributed by atoms with Crippen LogP contribution in [0.5, 0.6) is 0 Å². The summed E-state index contributed by atoms with van der Waals surface area (Å²) >= 11 is 0.